The van der Waals surface area contributed by atoms with Crippen LogP contribution in [0.15, 0.2) is 47.8 Å². The monoisotopic (exact) mass is 357 g/mol. The molecule has 3 aromatic rings. The van der Waals surface area contributed by atoms with Crippen molar-refractivity contribution >= 4 is 33.7 Å². The Hall–Kier alpha value is -2.18. The topological polar surface area (TPSA) is 54.0 Å². The van der Waals surface area contributed by atoms with Crippen molar-refractivity contribution in [1.82, 2.24) is 10.3 Å². The molecule has 0 fully saturated rings. The molecule has 2 aromatic heterocycles. The van der Waals surface area contributed by atoms with E-state index in [2.05, 4.69) is 27.8 Å². The van der Waals surface area contributed by atoms with Gasteiger partial charge in [-0.25, -0.2) is 4.98 Å². The van der Waals surface area contributed by atoms with Crippen LogP contribution in [0.2, 0.25) is 0 Å². The Labute approximate surface area is 149 Å². The molecule has 0 bridgehead atoms. The molecule has 6 heteroatoms. The smallest absolute Gasteiger partial charge is 0.263 e. The van der Waals surface area contributed by atoms with Gasteiger partial charge in [0.2, 0.25) is 0 Å². The summed E-state index contributed by atoms with van der Waals surface area (Å²) >= 11 is 3.05. The average molecular weight is 358 g/mol. The lowest BCUT2D eigenvalue weighted by Gasteiger charge is -2.02. The van der Waals surface area contributed by atoms with Crippen molar-refractivity contribution in [3.63, 3.8) is 0 Å². The molecule has 0 atom stereocenters. The number of aryl methyl sites for hydroxylation is 1. The second-order valence-corrected chi connectivity index (χ2v) is 7.39. The number of carbonyl (C=O) groups is 1. The van der Waals surface area contributed by atoms with Crippen LogP contribution in [-0.4, -0.2) is 17.4 Å². The Bertz CT molecular complexity index is 782. The van der Waals surface area contributed by atoms with Crippen LogP contribution in [0.4, 0.5) is 5.13 Å². The predicted octanol–water partition coefficient (Wildman–Crippen LogP) is 4.10. The first-order valence-electron chi connectivity index (χ1n) is 7.78. The zero-order valence-corrected chi connectivity index (χ0v) is 15.0. The van der Waals surface area contributed by atoms with Gasteiger partial charge in [-0.15, -0.1) is 11.3 Å². The zero-order chi connectivity index (χ0) is 16.8. The molecule has 0 unspecified atom stereocenters. The number of carbonyl (C=O) groups excluding carboxylic acids is 1. The minimum atomic E-state index is -0.0606. The maximum Gasteiger partial charge on any atom is 0.263 e. The Balaban J connectivity index is 1.53. The number of anilines is 1. The van der Waals surface area contributed by atoms with E-state index in [9.17, 15) is 4.79 Å². The van der Waals surface area contributed by atoms with E-state index in [4.69, 9.17) is 0 Å². The predicted molar refractivity (Wildman–Crippen MR) is 101 cm³/mol. The first-order chi connectivity index (χ1) is 11.7. The highest BCUT2D eigenvalue weighted by molar-refractivity contribution is 7.17. The van der Waals surface area contributed by atoms with Crippen molar-refractivity contribution in [1.29, 1.82) is 0 Å². The van der Waals surface area contributed by atoms with Crippen molar-refractivity contribution in [3.05, 3.63) is 68.9 Å². The van der Waals surface area contributed by atoms with Crippen molar-refractivity contribution in [2.24, 2.45) is 0 Å². The third-order valence-electron chi connectivity index (χ3n) is 3.54. The summed E-state index contributed by atoms with van der Waals surface area (Å²) in [6.07, 6.45) is 0.930. The zero-order valence-electron chi connectivity index (χ0n) is 13.4. The lowest BCUT2D eigenvalue weighted by molar-refractivity contribution is 0.0954. The molecule has 0 aliphatic carbocycles. The van der Waals surface area contributed by atoms with Gasteiger partial charge < -0.3 is 10.6 Å². The summed E-state index contributed by atoms with van der Waals surface area (Å²) in [4.78, 5) is 18.6. The van der Waals surface area contributed by atoms with Crippen LogP contribution in [-0.2, 0) is 13.0 Å². The van der Waals surface area contributed by atoms with Crippen LogP contribution in [0.25, 0.3) is 0 Å². The van der Waals surface area contributed by atoms with E-state index in [0.717, 1.165) is 28.7 Å². The van der Waals surface area contributed by atoms with E-state index in [0.29, 0.717) is 11.4 Å². The molecule has 1 aromatic carbocycles. The van der Waals surface area contributed by atoms with E-state index in [-0.39, 0.29) is 5.91 Å². The molecule has 3 rings (SSSR count). The van der Waals surface area contributed by atoms with Gasteiger partial charge in [0.25, 0.3) is 5.91 Å². The number of nitrogens with one attached hydrogen (secondary N) is 2. The second-order valence-electron chi connectivity index (χ2n) is 5.36. The quantitative estimate of drug-likeness (QED) is 0.669. The van der Waals surface area contributed by atoms with Crippen LogP contribution in [0.5, 0.6) is 0 Å². The van der Waals surface area contributed by atoms with Crippen LogP contribution in [0.3, 0.4) is 0 Å². The van der Waals surface area contributed by atoms with E-state index >= 15 is 0 Å². The molecule has 2 heterocycles. The summed E-state index contributed by atoms with van der Waals surface area (Å²) in [7, 11) is 0. The fourth-order valence-electron chi connectivity index (χ4n) is 2.30. The number of benzene rings is 1. The fraction of sp³-hybridized carbons (Fsp3) is 0.222. The molecular formula is C18H19N3OS2. The maximum atomic E-state index is 12.3. The Morgan fingerprint density at radius 1 is 1.17 bits per heavy atom. The van der Waals surface area contributed by atoms with Gasteiger partial charge in [-0.3, -0.25) is 4.79 Å². The molecule has 0 aliphatic rings. The van der Waals surface area contributed by atoms with Gasteiger partial charge in [0.15, 0.2) is 5.13 Å². The van der Waals surface area contributed by atoms with Gasteiger partial charge in [-0.1, -0.05) is 47.7 Å². The first kappa shape index (κ1) is 16.7. The van der Waals surface area contributed by atoms with Crippen LogP contribution >= 0.6 is 22.7 Å². The highest BCUT2D eigenvalue weighted by Gasteiger charge is 2.15. The number of rotatable bonds is 7. The lowest BCUT2D eigenvalue weighted by Crippen LogP contribution is -2.22. The molecule has 0 spiro atoms. The van der Waals surface area contributed by atoms with Gasteiger partial charge in [0.1, 0.15) is 4.88 Å². The van der Waals surface area contributed by atoms with Crippen LogP contribution < -0.4 is 10.6 Å². The molecule has 0 aliphatic heterocycles. The summed E-state index contributed by atoms with van der Waals surface area (Å²) in [5.74, 6) is -0.0606. The van der Waals surface area contributed by atoms with Gasteiger partial charge >= 0.3 is 0 Å². The number of thiazole rings is 1. The van der Waals surface area contributed by atoms with E-state index < -0.39 is 0 Å². The highest BCUT2D eigenvalue weighted by Crippen LogP contribution is 2.22. The minimum absolute atomic E-state index is 0.0606. The van der Waals surface area contributed by atoms with Crippen LogP contribution in [0, 0.1) is 6.92 Å². The van der Waals surface area contributed by atoms with Gasteiger partial charge in [0, 0.05) is 11.4 Å². The van der Waals surface area contributed by atoms with Crippen LogP contribution in [0.1, 0.15) is 25.8 Å². The molecule has 4 nitrogen and oxygen atoms in total. The maximum absolute atomic E-state index is 12.3. The molecule has 2 N–H and O–H groups in total. The van der Waals surface area contributed by atoms with E-state index in [1.54, 1.807) is 11.3 Å². The Morgan fingerprint density at radius 2 is 2.00 bits per heavy atom. The van der Waals surface area contributed by atoms with Crippen molar-refractivity contribution < 1.29 is 4.79 Å². The summed E-state index contributed by atoms with van der Waals surface area (Å²) < 4.78 is 0. The molecule has 0 saturated carbocycles. The van der Waals surface area contributed by atoms with Gasteiger partial charge in [0.05, 0.1) is 12.2 Å². The highest BCUT2D eigenvalue weighted by atomic mass is 32.1. The SMILES string of the molecule is Cc1nc(NCCc2ccccc2)sc1C(=O)NCc1cccs1. The van der Waals surface area contributed by atoms with E-state index in [1.807, 2.05) is 42.6 Å². The Kier molecular flexibility index (Phi) is 5.61. The number of aromatic nitrogens is 1. The normalized spacial score (nSPS) is 10.5. The number of thiophene rings is 1. The lowest BCUT2D eigenvalue weighted by atomic mass is 10.2. The third kappa shape index (κ3) is 4.43. The van der Waals surface area contributed by atoms with E-state index in [1.165, 1.54) is 16.9 Å². The largest absolute Gasteiger partial charge is 0.361 e. The van der Waals surface area contributed by atoms with Crippen molar-refractivity contribution in [3.8, 4) is 0 Å². The fourth-order valence-corrected chi connectivity index (χ4v) is 3.85. The molecule has 0 saturated heterocycles. The summed E-state index contributed by atoms with van der Waals surface area (Å²) in [6.45, 7) is 3.23. The van der Waals surface area contributed by atoms with Gasteiger partial charge in [-0.2, -0.15) is 0 Å². The van der Waals surface area contributed by atoms with Gasteiger partial charge in [-0.05, 0) is 30.4 Å². The molecule has 0 radical (unpaired) electrons. The molecular weight excluding hydrogens is 338 g/mol. The summed E-state index contributed by atoms with van der Waals surface area (Å²) in [5.41, 5.74) is 2.05. The molecule has 1 amide bonds. The number of hydrogen-bond donors (Lipinski definition) is 2. The summed E-state index contributed by atoms with van der Waals surface area (Å²) in [5, 5.41) is 9.06. The standard InChI is InChI=1S/C18H19N3OS2/c1-13-16(17(22)20-12-15-8-5-11-23-15)24-18(21-13)19-10-9-14-6-3-2-4-7-14/h2-8,11H,9-10,12H2,1H3,(H,19,21)(H,20,22). The number of hydrogen-bond acceptors (Lipinski definition) is 5. The third-order valence-corrected chi connectivity index (χ3v) is 5.53. The minimum Gasteiger partial charge on any atom is -0.361 e. The van der Waals surface area contributed by atoms with Crippen molar-refractivity contribution in [2.75, 3.05) is 11.9 Å². The average Bonchev–Trinajstić information content (AvgIpc) is 3.23. The number of amides is 1. The Morgan fingerprint density at radius 3 is 2.75 bits per heavy atom. The second kappa shape index (κ2) is 8.08. The van der Waals surface area contributed by atoms with Crippen molar-refractivity contribution in [2.45, 2.75) is 19.9 Å². The molecule has 124 valence electrons. The summed E-state index contributed by atoms with van der Waals surface area (Å²) in [6, 6.07) is 14.3. The molecule has 24 heavy (non-hydrogen) atoms. The first-order valence-corrected chi connectivity index (χ1v) is 9.48. The number of nitrogens with zero attached hydrogens (tertiary/aromatic N) is 1.